The second kappa shape index (κ2) is 19.3. The van der Waals surface area contributed by atoms with Crippen LogP contribution in [0.25, 0.3) is 10.4 Å². The number of primary amides is 1. The summed E-state index contributed by atoms with van der Waals surface area (Å²) in [6, 6.07) is 0. The smallest absolute Gasteiger partial charge is 0.265 e. The van der Waals surface area contributed by atoms with Gasteiger partial charge in [-0.2, -0.15) is 8.42 Å². The average molecular weight is 620 g/mol. The number of quaternary nitrogens is 1. The molecular formula is C26H51N8O7S+. The summed E-state index contributed by atoms with van der Waals surface area (Å²) >= 11 is 0. The predicted molar refractivity (Wildman–Crippen MR) is 159 cm³/mol. The highest BCUT2D eigenvalue weighted by molar-refractivity contribution is 7.85. The third-order valence-corrected chi connectivity index (χ3v) is 8.25. The standard InChI is InChI=1S/C26H50N8O7S/c1-6-26(3,25(38)31-13-15-34(4,5)14-10-16-42(39,40)41)18-21(17-20(2)23(27)36)24(37)30-12-9-7-8-11-29-22(35)19-32-33-28/h20-21H,6-19H2,1-5H3,(H5-,27,29,30,31,35,36,37,38,39,40,41)/p+1. The van der Waals surface area contributed by atoms with E-state index in [0.717, 1.165) is 6.42 Å². The number of likely N-dealkylation sites (N-methyl/N-ethyl adjacent to an activating group) is 1. The summed E-state index contributed by atoms with van der Waals surface area (Å²) in [5, 5.41) is 11.7. The van der Waals surface area contributed by atoms with E-state index in [-0.39, 0.29) is 49.3 Å². The number of amides is 4. The lowest BCUT2D eigenvalue weighted by molar-refractivity contribution is -0.889. The Morgan fingerprint density at radius 2 is 1.64 bits per heavy atom. The first-order valence-electron chi connectivity index (χ1n) is 14.4. The number of unbranched alkanes of at least 4 members (excludes halogenated alkanes) is 2. The van der Waals surface area contributed by atoms with Gasteiger partial charge >= 0.3 is 0 Å². The van der Waals surface area contributed by atoms with E-state index in [4.69, 9.17) is 15.8 Å². The fourth-order valence-electron chi connectivity index (χ4n) is 4.40. The van der Waals surface area contributed by atoms with Gasteiger partial charge in [0.15, 0.2) is 0 Å². The molecule has 15 nitrogen and oxygen atoms in total. The highest BCUT2D eigenvalue weighted by Gasteiger charge is 2.37. The molecule has 0 aromatic rings. The zero-order valence-corrected chi connectivity index (χ0v) is 26.5. The lowest BCUT2D eigenvalue weighted by Crippen LogP contribution is -2.49. The molecule has 0 spiro atoms. The first-order chi connectivity index (χ1) is 19.5. The van der Waals surface area contributed by atoms with Gasteiger partial charge in [-0.1, -0.05) is 25.9 Å². The van der Waals surface area contributed by atoms with E-state index in [1.54, 1.807) is 13.8 Å². The number of nitrogens with one attached hydrogen (secondary N) is 3. The van der Waals surface area contributed by atoms with E-state index >= 15 is 0 Å². The molecule has 0 saturated heterocycles. The van der Waals surface area contributed by atoms with Gasteiger partial charge in [0.2, 0.25) is 23.6 Å². The quantitative estimate of drug-likeness (QED) is 0.0279. The van der Waals surface area contributed by atoms with Crippen LogP contribution in [-0.2, 0) is 29.3 Å². The molecule has 0 radical (unpaired) electrons. The molecule has 0 fully saturated rings. The van der Waals surface area contributed by atoms with E-state index in [1.807, 2.05) is 21.0 Å². The minimum Gasteiger partial charge on any atom is -0.369 e. The van der Waals surface area contributed by atoms with Crippen molar-refractivity contribution in [3.05, 3.63) is 10.4 Å². The average Bonchev–Trinajstić information content (AvgIpc) is 2.89. The van der Waals surface area contributed by atoms with Crippen LogP contribution in [0.4, 0.5) is 0 Å². The fourth-order valence-corrected chi connectivity index (χ4v) is 4.90. The Balaban J connectivity index is 5.00. The molecule has 3 atom stereocenters. The molecule has 3 unspecified atom stereocenters. The Morgan fingerprint density at radius 1 is 1.02 bits per heavy atom. The van der Waals surface area contributed by atoms with Gasteiger partial charge in [0.25, 0.3) is 10.1 Å². The van der Waals surface area contributed by atoms with Crippen molar-refractivity contribution in [1.82, 2.24) is 16.0 Å². The number of rotatable bonds is 23. The van der Waals surface area contributed by atoms with E-state index in [2.05, 4.69) is 26.0 Å². The second-order valence-corrected chi connectivity index (χ2v) is 13.3. The summed E-state index contributed by atoms with van der Waals surface area (Å²) < 4.78 is 31.3. The highest BCUT2D eigenvalue weighted by Crippen LogP contribution is 2.33. The normalized spacial score (nSPS) is 14.5. The number of carbonyl (C=O) groups excluding carboxylic acids is 4. The first kappa shape index (κ1) is 39.1. The van der Waals surface area contributed by atoms with Gasteiger partial charge in [-0.15, -0.1) is 0 Å². The third kappa shape index (κ3) is 17.8. The Kier molecular flexibility index (Phi) is 17.9. The molecule has 0 saturated carbocycles. The molecule has 0 aliphatic heterocycles. The molecule has 6 N–H and O–H groups in total. The van der Waals surface area contributed by atoms with Crippen molar-refractivity contribution in [2.24, 2.45) is 28.1 Å². The van der Waals surface area contributed by atoms with Crippen LogP contribution < -0.4 is 21.7 Å². The van der Waals surface area contributed by atoms with E-state index < -0.39 is 33.3 Å². The summed E-state index contributed by atoms with van der Waals surface area (Å²) in [6.45, 7) is 7.27. The minimum absolute atomic E-state index is 0.207. The Hall–Kier alpha value is -2.94. The Bertz CT molecular complexity index is 1050. The van der Waals surface area contributed by atoms with Gasteiger partial charge in [-0.3, -0.25) is 23.7 Å². The number of azide groups is 1. The molecule has 0 aliphatic rings. The summed E-state index contributed by atoms with van der Waals surface area (Å²) in [6.07, 6.45) is 3.28. The molecule has 0 aliphatic carbocycles. The van der Waals surface area contributed by atoms with Crippen molar-refractivity contribution in [3.63, 3.8) is 0 Å². The SMILES string of the molecule is CCC(C)(CC(CC(C)C(N)=O)C(=O)NCCCCCNC(=O)CN=[N+]=[N-])C(=O)NCC[N+](C)(C)CCCS(=O)(=O)O. The van der Waals surface area contributed by atoms with E-state index in [1.165, 1.54) is 0 Å². The third-order valence-electron chi connectivity index (χ3n) is 7.44. The van der Waals surface area contributed by atoms with Gasteiger partial charge in [0.05, 0.1) is 39.5 Å². The number of carbonyl (C=O) groups is 4. The molecule has 0 aromatic carbocycles. The minimum atomic E-state index is -4.02. The molecule has 4 amide bonds. The topological polar surface area (TPSA) is 234 Å². The molecule has 0 rings (SSSR count). The summed E-state index contributed by atoms with van der Waals surface area (Å²) in [7, 11) is -0.209. The maximum atomic E-state index is 13.3. The van der Waals surface area contributed by atoms with Crippen molar-refractivity contribution in [2.45, 2.75) is 65.7 Å². The first-order valence-corrected chi connectivity index (χ1v) is 16.0. The molecule has 0 heterocycles. The van der Waals surface area contributed by atoms with Gasteiger partial charge < -0.3 is 26.2 Å². The summed E-state index contributed by atoms with van der Waals surface area (Å²) in [5.74, 6) is -2.83. The van der Waals surface area contributed by atoms with Crippen LogP contribution in [-0.4, -0.2) is 100 Å². The van der Waals surface area contributed by atoms with E-state index in [0.29, 0.717) is 56.5 Å². The van der Waals surface area contributed by atoms with Crippen molar-refractivity contribution in [2.75, 3.05) is 59.1 Å². The molecule has 0 bridgehead atoms. The van der Waals surface area contributed by atoms with Crippen LogP contribution in [0.3, 0.4) is 0 Å². The molecule has 242 valence electrons. The molecule has 42 heavy (non-hydrogen) atoms. The molecular weight excluding hydrogens is 568 g/mol. The lowest BCUT2D eigenvalue weighted by Gasteiger charge is -2.33. The number of nitrogens with two attached hydrogens (primary N) is 1. The summed E-state index contributed by atoms with van der Waals surface area (Å²) in [4.78, 5) is 52.1. The maximum Gasteiger partial charge on any atom is 0.265 e. The molecule has 0 aromatic heterocycles. The van der Waals surface area contributed by atoms with Crippen molar-refractivity contribution in [3.8, 4) is 0 Å². The monoisotopic (exact) mass is 619 g/mol. The van der Waals surface area contributed by atoms with Crippen molar-refractivity contribution >= 4 is 33.7 Å². The van der Waals surface area contributed by atoms with Gasteiger partial charge in [-0.05, 0) is 44.1 Å². The zero-order chi connectivity index (χ0) is 32.4. The Morgan fingerprint density at radius 3 is 2.19 bits per heavy atom. The second-order valence-electron chi connectivity index (χ2n) is 11.7. The largest absolute Gasteiger partial charge is 0.369 e. The van der Waals surface area contributed by atoms with Gasteiger partial charge in [-0.25, -0.2) is 0 Å². The zero-order valence-electron chi connectivity index (χ0n) is 25.7. The van der Waals surface area contributed by atoms with Crippen LogP contribution in [0.1, 0.15) is 65.7 Å². The Labute approximate surface area is 249 Å². The maximum absolute atomic E-state index is 13.3. The number of nitrogens with zero attached hydrogens (tertiary/aromatic N) is 4. The van der Waals surface area contributed by atoms with E-state index in [9.17, 15) is 27.6 Å². The number of hydrogen-bond acceptors (Lipinski definition) is 7. The lowest BCUT2D eigenvalue weighted by atomic mass is 9.75. The van der Waals surface area contributed by atoms with Crippen LogP contribution >= 0.6 is 0 Å². The van der Waals surface area contributed by atoms with Gasteiger partial charge in [0.1, 0.15) is 6.54 Å². The number of hydrogen-bond donors (Lipinski definition) is 5. The van der Waals surface area contributed by atoms with Crippen LogP contribution in [0.15, 0.2) is 5.11 Å². The van der Waals surface area contributed by atoms with Crippen LogP contribution in [0.5, 0.6) is 0 Å². The van der Waals surface area contributed by atoms with Crippen LogP contribution in [0.2, 0.25) is 0 Å². The molecule has 16 heteroatoms. The highest BCUT2D eigenvalue weighted by atomic mass is 32.2. The fraction of sp³-hybridized carbons (Fsp3) is 0.846. The van der Waals surface area contributed by atoms with Crippen molar-refractivity contribution < 1.29 is 36.6 Å². The predicted octanol–water partition coefficient (Wildman–Crippen LogP) is 1.10. The van der Waals surface area contributed by atoms with Crippen LogP contribution in [0, 0.1) is 17.3 Å². The van der Waals surface area contributed by atoms with Crippen molar-refractivity contribution in [1.29, 1.82) is 0 Å². The summed E-state index contributed by atoms with van der Waals surface area (Å²) in [5.41, 5.74) is 12.8. The van der Waals surface area contributed by atoms with Gasteiger partial charge in [0, 0.05) is 41.7 Å².